The Morgan fingerprint density at radius 2 is 1.80 bits per heavy atom. The number of amides is 1. The zero-order valence-electron chi connectivity index (χ0n) is 14.5. The summed E-state index contributed by atoms with van der Waals surface area (Å²) in [5.74, 6) is -0.260. The molecule has 1 N–H and O–H groups in total. The molecule has 0 heterocycles. The van der Waals surface area contributed by atoms with Crippen LogP contribution in [0.15, 0.2) is 12.1 Å². The minimum Gasteiger partial charge on any atom is -0.490 e. The Hall–Kier alpha value is -1.63. The highest BCUT2D eigenvalue weighted by Gasteiger charge is 2.31. The molecule has 3 rings (SSSR count). The lowest BCUT2D eigenvalue weighted by Crippen LogP contribution is -2.30. The monoisotopic (exact) mass is 369 g/mol. The summed E-state index contributed by atoms with van der Waals surface area (Å²) in [6.45, 7) is 2.22. The smallest absolute Gasteiger partial charge is 0.267 e. The molecule has 0 spiro atoms. The minimum absolute atomic E-state index is 0.0730. The first kappa shape index (κ1) is 18.2. The molecule has 2 fully saturated rings. The van der Waals surface area contributed by atoms with Gasteiger partial charge in [0.05, 0.1) is 17.9 Å². The van der Waals surface area contributed by atoms with Gasteiger partial charge in [0.1, 0.15) is 11.6 Å². The molecule has 0 atom stereocenters. The first-order chi connectivity index (χ1) is 11.7. The van der Waals surface area contributed by atoms with E-state index < -0.39 is 21.7 Å². The zero-order valence-corrected chi connectivity index (χ0v) is 15.4. The fraction of sp³-hybridized carbons (Fsp3) is 0.611. The highest BCUT2D eigenvalue weighted by molar-refractivity contribution is 7.89. The SMILES string of the molecule is CS(=O)(=O)NC(=O)c1cc(C2CC2)c(O[C@H]2CC[C@@H](C)CC2)cc1F. The number of rotatable bonds is 5. The topological polar surface area (TPSA) is 72.5 Å². The lowest BCUT2D eigenvalue weighted by Gasteiger charge is -2.28. The molecular formula is C18H24FNO4S. The van der Waals surface area contributed by atoms with Crippen LogP contribution < -0.4 is 9.46 Å². The molecule has 0 aromatic heterocycles. The average molecular weight is 369 g/mol. The van der Waals surface area contributed by atoms with E-state index in [9.17, 15) is 17.6 Å². The number of halogens is 1. The van der Waals surface area contributed by atoms with Crippen LogP contribution in [0.1, 0.15) is 67.3 Å². The summed E-state index contributed by atoms with van der Waals surface area (Å²) in [6, 6.07) is 2.69. The molecule has 2 aliphatic rings. The van der Waals surface area contributed by atoms with Gasteiger partial charge in [0, 0.05) is 6.07 Å². The van der Waals surface area contributed by atoms with Crippen LogP contribution in [0.2, 0.25) is 0 Å². The van der Waals surface area contributed by atoms with E-state index in [1.54, 1.807) is 0 Å². The number of sulfonamides is 1. The van der Waals surface area contributed by atoms with Gasteiger partial charge >= 0.3 is 0 Å². The van der Waals surface area contributed by atoms with E-state index in [4.69, 9.17) is 4.74 Å². The number of hydrogen-bond acceptors (Lipinski definition) is 4. The first-order valence-electron chi connectivity index (χ1n) is 8.75. The molecule has 2 saturated carbocycles. The summed E-state index contributed by atoms with van der Waals surface area (Å²) in [4.78, 5) is 12.0. The maximum atomic E-state index is 14.4. The molecular weight excluding hydrogens is 345 g/mol. The molecule has 0 bridgehead atoms. The molecule has 0 aliphatic heterocycles. The van der Waals surface area contributed by atoms with Crippen molar-refractivity contribution in [3.8, 4) is 5.75 Å². The molecule has 7 heteroatoms. The average Bonchev–Trinajstić information content (AvgIpc) is 3.32. The third-order valence-corrected chi connectivity index (χ3v) is 5.45. The third kappa shape index (κ3) is 4.71. The van der Waals surface area contributed by atoms with Crippen molar-refractivity contribution >= 4 is 15.9 Å². The summed E-state index contributed by atoms with van der Waals surface area (Å²) in [5, 5.41) is 0. The summed E-state index contributed by atoms with van der Waals surface area (Å²) in [7, 11) is -3.74. The van der Waals surface area contributed by atoms with Crippen molar-refractivity contribution in [2.75, 3.05) is 6.26 Å². The molecule has 1 aromatic rings. The van der Waals surface area contributed by atoms with E-state index >= 15 is 0 Å². The number of carbonyl (C=O) groups excluding carboxylic acids is 1. The summed E-state index contributed by atoms with van der Waals surface area (Å²) in [6.07, 6.45) is 6.97. The molecule has 0 saturated heterocycles. The summed E-state index contributed by atoms with van der Waals surface area (Å²) in [5.41, 5.74) is 0.551. The van der Waals surface area contributed by atoms with Crippen molar-refractivity contribution in [1.82, 2.24) is 4.72 Å². The van der Waals surface area contributed by atoms with Crippen LogP contribution in [0.25, 0.3) is 0 Å². The third-order valence-electron chi connectivity index (χ3n) is 4.90. The summed E-state index contributed by atoms with van der Waals surface area (Å²) < 4.78 is 44.8. The van der Waals surface area contributed by atoms with Gasteiger partial charge in [-0.2, -0.15) is 0 Å². The van der Waals surface area contributed by atoms with Crippen LogP contribution in [-0.2, 0) is 10.0 Å². The second-order valence-corrected chi connectivity index (χ2v) is 9.10. The van der Waals surface area contributed by atoms with E-state index in [2.05, 4.69) is 6.92 Å². The van der Waals surface area contributed by atoms with Crippen molar-refractivity contribution in [1.29, 1.82) is 0 Å². The van der Waals surface area contributed by atoms with Crippen molar-refractivity contribution in [2.45, 2.75) is 57.5 Å². The van der Waals surface area contributed by atoms with Gasteiger partial charge < -0.3 is 4.74 Å². The molecule has 0 radical (unpaired) electrons. The first-order valence-corrected chi connectivity index (χ1v) is 10.6. The fourth-order valence-electron chi connectivity index (χ4n) is 3.31. The van der Waals surface area contributed by atoms with Gasteiger partial charge in [0.15, 0.2) is 0 Å². The molecule has 0 unspecified atom stereocenters. The zero-order chi connectivity index (χ0) is 18.2. The maximum absolute atomic E-state index is 14.4. The Morgan fingerprint density at radius 1 is 1.16 bits per heavy atom. The second-order valence-electron chi connectivity index (χ2n) is 7.35. The standard InChI is InChI=1S/C18H24FNO4S/c1-11-3-7-13(8-4-11)24-17-10-16(19)15(9-14(17)12-5-6-12)18(21)20-25(2,22)23/h9-13H,3-8H2,1-2H3,(H,20,21)/t11-,13+. The Kier molecular flexibility index (Phi) is 5.04. The van der Waals surface area contributed by atoms with Gasteiger partial charge in [-0.1, -0.05) is 6.92 Å². The van der Waals surface area contributed by atoms with Gasteiger partial charge in [0.2, 0.25) is 10.0 Å². The van der Waals surface area contributed by atoms with Gasteiger partial charge in [-0.25, -0.2) is 17.5 Å². The molecule has 1 amide bonds. The lowest BCUT2D eigenvalue weighted by molar-refractivity contribution is 0.0977. The van der Waals surface area contributed by atoms with E-state index in [0.717, 1.165) is 50.3 Å². The van der Waals surface area contributed by atoms with E-state index in [0.29, 0.717) is 11.7 Å². The molecule has 5 nitrogen and oxygen atoms in total. The fourth-order valence-corrected chi connectivity index (χ4v) is 3.76. The molecule has 1 aromatic carbocycles. The number of benzene rings is 1. The van der Waals surface area contributed by atoms with Crippen LogP contribution in [0.4, 0.5) is 4.39 Å². The van der Waals surface area contributed by atoms with E-state index in [1.165, 1.54) is 12.1 Å². The summed E-state index contributed by atoms with van der Waals surface area (Å²) >= 11 is 0. The van der Waals surface area contributed by atoms with Crippen LogP contribution in [-0.4, -0.2) is 26.7 Å². The normalized spacial score (nSPS) is 24.0. The van der Waals surface area contributed by atoms with Crippen molar-refractivity contribution in [2.24, 2.45) is 5.92 Å². The maximum Gasteiger partial charge on any atom is 0.267 e. The predicted octanol–water partition coefficient (Wildman–Crippen LogP) is 3.35. The van der Waals surface area contributed by atoms with Gasteiger partial charge in [0.25, 0.3) is 5.91 Å². The highest BCUT2D eigenvalue weighted by Crippen LogP contribution is 2.45. The van der Waals surface area contributed by atoms with Crippen molar-refractivity contribution in [3.05, 3.63) is 29.1 Å². The van der Waals surface area contributed by atoms with Crippen LogP contribution in [0.5, 0.6) is 5.75 Å². The predicted molar refractivity (Wildman–Crippen MR) is 92.7 cm³/mol. The van der Waals surface area contributed by atoms with Crippen molar-refractivity contribution < 1.29 is 22.3 Å². The molecule has 2 aliphatic carbocycles. The Morgan fingerprint density at radius 3 is 2.36 bits per heavy atom. The van der Waals surface area contributed by atoms with Crippen LogP contribution in [0, 0.1) is 11.7 Å². The quantitative estimate of drug-likeness (QED) is 0.864. The number of hydrogen-bond donors (Lipinski definition) is 1. The Bertz CT molecular complexity index is 766. The van der Waals surface area contributed by atoms with Crippen LogP contribution in [0.3, 0.4) is 0 Å². The number of nitrogens with one attached hydrogen (secondary N) is 1. The number of carbonyl (C=O) groups is 1. The Labute approximate surface area is 148 Å². The van der Waals surface area contributed by atoms with Crippen molar-refractivity contribution in [3.63, 3.8) is 0 Å². The van der Waals surface area contributed by atoms with Gasteiger partial charge in [-0.05, 0) is 62.0 Å². The Balaban J connectivity index is 1.84. The van der Waals surface area contributed by atoms with Gasteiger partial charge in [-0.15, -0.1) is 0 Å². The van der Waals surface area contributed by atoms with E-state index in [1.807, 2.05) is 4.72 Å². The number of ether oxygens (including phenoxy) is 1. The molecule has 25 heavy (non-hydrogen) atoms. The van der Waals surface area contributed by atoms with Crippen LogP contribution >= 0.6 is 0 Å². The lowest BCUT2D eigenvalue weighted by atomic mass is 9.89. The molecule has 138 valence electrons. The second kappa shape index (κ2) is 6.94. The van der Waals surface area contributed by atoms with Gasteiger partial charge in [-0.3, -0.25) is 4.79 Å². The largest absolute Gasteiger partial charge is 0.490 e. The van der Waals surface area contributed by atoms with E-state index in [-0.39, 0.29) is 17.6 Å². The highest BCUT2D eigenvalue weighted by atomic mass is 32.2. The minimum atomic E-state index is -3.74.